The van der Waals surface area contributed by atoms with Gasteiger partial charge in [-0.2, -0.15) is 5.10 Å². The fraction of sp³-hybridized carbons (Fsp3) is 0.200. The number of carbonyl (C=O) groups is 1. The van der Waals surface area contributed by atoms with Crippen molar-refractivity contribution in [2.75, 3.05) is 13.6 Å². The zero-order chi connectivity index (χ0) is 17.5. The van der Waals surface area contributed by atoms with Crippen LogP contribution in [0.1, 0.15) is 11.1 Å². The van der Waals surface area contributed by atoms with Crippen LogP contribution in [-0.4, -0.2) is 34.2 Å². The van der Waals surface area contributed by atoms with Gasteiger partial charge < -0.3 is 5.32 Å². The first-order valence-corrected chi connectivity index (χ1v) is 8.29. The van der Waals surface area contributed by atoms with Gasteiger partial charge in [0.2, 0.25) is 5.91 Å². The van der Waals surface area contributed by atoms with Crippen LogP contribution >= 0.6 is 0 Å². The van der Waals surface area contributed by atoms with Gasteiger partial charge in [0.05, 0.1) is 18.4 Å². The van der Waals surface area contributed by atoms with Crippen LogP contribution in [-0.2, 0) is 17.9 Å². The third kappa shape index (κ3) is 5.02. The van der Waals surface area contributed by atoms with Gasteiger partial charge in [-0.3, -0.25) is 9.69 Å². The van der Waals surface area contributed by atoms with Crippen molar-refractivity contribution >= 4 is 5.91 Å². The summed E-state index contributed by atoms with van der Waals surface area (Å²) in [5.74, 6) is 0.0156. The molecule has 3 aromatic rings. The van der Waals surface area contributed by atoms with E-state index in [9.17, 15) is 4.79 Å². The van der Waals surface area contributed by atoms with Crippen LogP contribution in [0.4, 0.5) is 0 Å². The normalized spacial score (nSPS) is 10.8. The Bertz CT molecular complexity index is 799. The monoisotopic (exact) mass is 334 g/mol. The molecule has 0 saturated heterocycles. The average Bonchev–Trinajstić information content (AvgIpc) is 3.10. The molecule has 3 rings (SSSR count). The SMILES string of the molecule is CN(CC(=O)NCc1ccccc1)Cc1cnn(-c2ccccc2)c1. The number of carbonyl (C=O) groups excluding carboxylic acids is 1. The summed E-state index contributed by atoms with van der Waals surface area (Å²) >= 11 is 0. The number of rotatable bonds is 7. The largest absolute Gasteiger partial charge is 0.351 e. The summed E-state index contributed by atoms with van der Waals surface area (Å²) in [5.41, 5.74) is 3.20. The number of nitrogens with zero attached hydrogens (tertiary/aromatic N) is 3. The maximum absolute atomic E-state index is 12.1. The molecule has 1 heterocycles. The summed E-state index contributed by atoms with van der Waals surface area (Å²) < 4.78 is 1.85. The highest BCUT2D eigenvalue weighted by Crippen LogP contribution is 2.09. The molecule has 1 N–H and O–H groups in total. The molecule has 128 valence electrons. The van der Waals surface area contributed by atoms with Gasteiger partial charge in [0, 0.05) is 24.8 Å². The van der Waals surface area contributed by atoms with Crippen molar-refractivity contribution in [2.45, 2.75) is 13.1 Å². The molecule has 0 atom stereocenters. The van der Waals surface area contributed by atoms with Gasteiger partial charge in [0.1, 0.15) is 0 Å². The minimum absolute atomic E-state index is 0.0156. The molecule has 25 heavy (non-hydrogen) atoms. The standard InChI is InChI=1S/C20H22N4O/c1-23(16-20(25)21-12-17-8-4-2-5-9-17)14-18-13-22-24(15-18)19-10-6-3-7-11-19/h2-11,13,15H,12,14,16H2,1H3,(H,21,25). The number of benzene rings is 2. The summed E-state index contributed by atoms with van der Waals surface area (Å²) in [6, 6.07) is 19.9. The second kappa shape index (κ2) is 8.26. The molecule has 0 radical (unpaired) electrons. The molecule has 5 heteroatoms. The molecule has 0 spiro atoms. The fourth-order valence-electron chi connectivity index (χ4n) is 2.63. The zero-order valence-corrected chi connectivity index (χ0v) is 14.3. The van der Waals surface area contributed by atoms with Crippen LogP contribution in [0.2, 0.25) is 0 Å². The van der Waals surface area contributed by atoms with Crippen LogP contribution in [0.5, 0.6) is 0 Å². The van der Waals surface area contributed by atoms with Crippen molar-refractivity contribution in [2.24, 2.45) is 0 Å². The second-order valence-electron chi connectivity index (χ2n) is 6.06. The second-order valence-corrected chi connectivity index (χ2v) is 6.06. The molecule has 2 aromatic carbocycles. The molecule has 0 saturated carbocycles. The van der Waals surface area contributed by atoms with Crippen molar-refractivity contribution in [3.63, 3.8) is 0 Å². The predicted molar refractivity (Wildman–Crippen MR) is 98.2 cm³/mol. The minimum atomic E-state index is 0.0156. The number of aromatic nitrogens is 2. The number of nitrogens with one attached hydrogen (secondary N) is 1. The molecule has 5 nitrogen and oxygen atoms in total. The minimum Gasteiger partial charge on any atom is -0.351 e. The summed E-state index contributed by atoms with van der Waals surface area (Å²) in [4.78, 5) is 14.0. The number of hydrogen-bond acceptors (Lipinski definition) is 3. The van der Waals surface area contributed by atoms with Crippen molar-refractivity contribution in [1.29, 1.82) is 0 Å². The lowest BCUT2D eigenvalue weighted by Gasteiger charge is -2.15. The van der Waals surface area contributed by atoms with E-state index in [-0.39, 0.29) is 5.91 Å². The van der Waals surface area contributed by atoms with Gasteiger partial charge in [0.15, 0.2) is 0 Å². The lowest BCUT2D eigenvalue weighted by atomic mass is 10.2. The molecule has 0 aliphatic carbocycles. The first kappa shape index (κ1) is 16.9. The van der Waals surface area contributed by atoms with Gasteiger partial charge in [-0.25, -0.2) is 4.68 Å². The van der Waals surface area contributed by atoms with Gasteiger partial charge in [-0.05, 0) is 24.7 Å². The topological polar surface area (TPSA) is 50.2 Å². The molecule has 1 aromatic heterocycles. The van der Waals surface area contributed by atoms with E-state index in [0.29, 0.717) is 19.6 Å². The van der Waals surface area contributed by atoms with Gasteiger partial charge in [0.25, 0.3) is 0 Å². The van der Waals surface area contributed by atoms with Crippen molar-refractivity contribution < 1.29 is 4.79 Å². The predicted octanol–water partition coefficient (Wildman–Crippen LogP) is 2.62. The molecule has 0 aliphatic heterocycles. The Kier molecular flexibility index (Phi) is 5.59. The highest BCUT2D eigenvalue weighted by Gasteiger charge is 2.09. The molecular weight excluding hydrogens is 312 g/mol. The van der Waals surface area contributed by atoms with Crippen LogP contribution in [0.3, 0.4) is 0 Å². The van der Waals surface area contributed by atoms with Crippen LogP contribution in [0, 0.1) is 0 Å². The number of likely N-dealkylation sites (N-methyl/N-ethyl adjacent to an activating group) is 1. The zero-order valence-electron chi connectivity index (χ0n) is 14.3. The van der Waals surface area contributed by atoms with Crippen molar-refractivity contribution in [3.8, 4) is 5.69 Å². The lowest BCUT2D eigenvalue weighted by Crippen LogP contribution is -2.34. The molecule has 0 unspecified atom stereocenters. The third-order valence-electron chi connectivity index (χ3n) is 3.86. The summed E-state index contributed by atoms with van der Waals surface area (Å²) in [5, 5.41) is 7.33. The Morgan fingerprint density at radius 2 is 1.72 bits per heavy atom. The van der Waals surface area contributed by atoms with Crippen LogP contribution in [0.25, 0.3) is 5.69 Å². The highest BCUT2D eigenvalue weighted by molar-refractivity contribution is 5.77. The highest BCUT2D eigenvalue weighted by atomic mass is 16.2. The Balaban J connectivity index is 1.48. The van der Waals surface area contributed by atoms with E-state index in [4.69, 9.17) is 0 Å². The third-order valence-corrected chi connectivity index (χ3v) is 3.86. The molecular formula is C20H22N4O. The fourth-order valence-corrected chi connectivity index (χ4v) is 2.63. The molecule has 0 fully saturated rings. The Morgan fingerprint density at radius 3 is 2.44 bits per heavy atom. The first-order valence-electron chi connectivity index (χ1n) is 8.29. The maximum Gasteiger partial charge on any atom is 0.234 e. The van der Waals surface area contributed by atoms with E-state index in [0.717, 1.165) is 16.8 Å². The van der Waals surface area contributed by atoms with Crippen molar-refractivity contribution in [1.82, 2.24) is 20.0 Å². The molecule has 0 aliphatic rings. The summed E-state index contributed by atoms with van der Waals surface area (Å²) in [6.07, 6.45) is 3.83. The first-order chi connectivity index (χ1) is 12.2. The van der Waals surface area contributed by atoms with Crippen LogP contribution in [0.15, 0.2) is 73.1 Å². The van der Waals surface area contributed by atoms with Gasteiger partial charge in [-0.1, -0.05) is 48.5 Å². The summed E-state index contributed by atoms with van der Waals surface area (Å²) in [6.45, 7) is 1.58. The van der Waals surface area contributed by atoms with E-state index in [1.165, 1.54) is 0 Å². The number of amides is 1. The van der Waals surface area contributed by atoms with E-state index in [2.05, 4.69) is 10.4 Å². The van der Waals surface area contributed by atoms with Crippen molar-refractivity contribution in [3.05, 3.63) is 84.2 Å². The van der Waals surface area contributed by atoms with Gasteiger partial charge >= 0.3 is 0 Å². The van der Waals surface area contributed by atoms with Crippen LogP contribution < -0.4 is 5.32 Å². The number of para-hydroxylation sites is 1. The molecule has 0 bridgehead atoms. The average molecular weight is 334 g/mol. The van der Waals surface area contributed by atoms with E-state index in [1.807, 2.05) is 89.7 Å². The van der Waals surface area contributed by atoms with E-state index >= 15 is 0 Å². The van der Waals surface area contributed by atoms with E-state index in [1.54, 1.807) is 0 Å². The summed E-state index contributed by atoms with van der Waals surface area (Å²) in [7, 11) is 1.93. The lowest BCUT2D eigenvalue weighted by molar-refractivity contribution is -0.122. The molecule has 1 amide bonds. The number of hydrogen-bond donors (Lipinski definition) is 1. The Hall–Kier alpha value is -2.92. The van der Waals surface area contributed by atoms with E-state index < -0.39 is 0 Å². The maximum atomic E-state index is 12.1. The Morgan fingerprint density at radius 1 is 1.04 bits per heavy atom. The van der Waals surface area contributed by atoms with Gasteiger partial charge in [-0.15, -0.1) is 0 Å². The smallest absolute Gasteiger partial charge is 0.234 e. The quantitative estimate of drug-likeness (QED) is 0.723. The Labute approximate surface area is 147 Å².